The summed E-state index contributed by atoms with van der Waals surface area (Å²) >= 11 is 0. The van der Waals surface area contributed by atoms with Crippen molar-refractivity contribution >= 4 is 25.5 Å². The number of carbonyl (C=O) groups is 2. The zero-order valence-corrected chi connectivity index (χ0v) is 23.7. The van der Waals surface area contributed by atoms with Gasteiger partial charge in [-0.05, 0) is 70.0 Å². The SMILES string of the molecule is Cc1oc([Si](C(C)C)(C(C)C)C(C)C)nc1C(=O)C1CCC(N(C)C(=O)OC(C)(C)C)CC1. The summed E-state index contributed by atoms with van der Waals surface area (Å²) in [6, 6.07) is 0.0979. The van der Waals surface area contributed by atoms with Gasteiger partial charge in [-0.2, -0.15) is 0 Å². The predicted molar refractivity (Wildman–Crippen MR) is 136 cm³/mol. The first kappa shape index (κ1) is 27.6. The number of hydrogen-bond acceptors (Lipinski definition) is 5. The van der Waals surface area contributed by atoms with Gasteiger partial charge in [-0.15, -0.1) is 0 Å². The molecule has 0 saturated heterocycles. The van der Waals surface area contributed by atoms with E-state index in [1.807, 2.05) is 27.7 Å². The first-order valence-corrected chi connectivity index (χ1v) is 14.8. The molecule has 33 heavy (non-hydrogen) atoms. The van der Waals surface area contributed by atoms with Crippen LogP contribution in [0.1, 0.15) is 104 Å². The molecule has 1 fully saturated rings. The molecule has 1 amide bonds. The number of Topliss-reactive ketones (excluding diaryl/α,β-unsaturated/α-hetero) is 1. The highest BCUT2D eigenvalue weighted by Crippen LogP contribution is 2.41. The molecule has 7 heteroatoms. The van der Waals surface area contributed by atoms with Gasteiger partial charge in [-0.25, -0.2) is 9.78 Å². The fourth-order valence-electron chi connectivity index (χ4n) is 5.95. The lowest BCUT2D eigenvalue weighted by molar-refractivity contribution is 0.0175. The summed E-state index contributed by atoms with van der Waals surface area (Å²) < 4.78 is 11.8. The second kappa shape index (κ2) is 10.3. The minimum absolute atomic E-state index is 0.0712. The lowest BCUT2D eigenvalue weighted by Gasteiger charge is -2.39. The molecule has 0 aromatic carbocycles. The van der Waals surface area contributed by atoms with Crippen LogP contribution < -0.4 is 5.51 Å². The standard InChI is InChI=1S/C26H46N2O4Si/c1-16(2)33(17(3)4,18(5)6)24-27-22(19(7)31-24)23(29)20-12-14-21(15-13-20)28(11)25(30)32-26(8,9)10/h16-18,20-21H,12-15H2,1-11H3. The summed E-state index contributed by atoms with van der Waals surface area (Å²) in [6.07, 6.45) is 2.78. The van der Waals surface area contributed by atoms with Gasteiger partial charge in [0.2, 0.25) is 0 Å². The van der Waals surface area contributed by atoms with Crippen LogP contribution in [0, 0.1) is 12.8 Å². The number of oxazole rings is 1. The molecule has 1 aromatic rings. The summed E-state index contributed by atoms with van der Waals surface area (Å²) in [5, 5.41) is 0. The van der Waals surface area contributed by atoms with E-state index < -0.39 is 13.7 Å². The minimum atomic E-state index is -2.06. The molecule has 0 atom stereocenters. The van der Waals surface area contributed by atoms with Gasteiger partial charge in [0.05, 0.1) is 0 Å². The van der Waals surface area contributed by atoms with Gasteiger partial charge in [-0.1, -0.05) is 41.5 Å². The highest BCUT2D eigenvalue weighted by atomic mass is 28.3. The third kappa shape index (κ3) is 5.72. The van der Waals surface area contributed by atoms with Crippen LogP contribution in [0.4, 0.5) is 4.79 Å². The Morgan fingerprint density at radius 3 is 1.91 bits per heavy atom. The zero-order valence-electron chi connectivity index (χ0n) is 22.7. The third-order valence-electron chi connectivity index (χ3n) is 7.56. The number of amides is 1. The Hall–Kier alpha value is -1.63. The van der Waals surface area contributed by atoms with Crippen molar-refractivity contribution in [3.8, 4) is 0 Å². The molecule has 0 N–H and O–H groups in total. The molecule has 1 aliphatic carbocycles. The first-order valence-electron chi connectivity index (χ1n) is 12.6. The summed E-state index contributed by atoms with van der Waals surface area (Å²) in [5.74, 6) is 0.681. The number of aryl methyl sites for hydroxylation is 1. The van der Waals surface area contributed by atoms with E-state index in [0.717, 1.165) is 31.2 Å². The molecule has 0 bridgehead atoms. The van der Waals surface area contributed by atoms with Crippen molar-refractivity contribution in [2.75, 3.05) is 7.05 Å². The minimum Gasteiger partial charge on any atom is -0.450 e. The Labute approximate surface area is 201 Å². The number of nitrogens with zero attached hydrogens (tertiary/aromatic N) is 2. The number of aromatic nitrogens is 1. The fourth-order valence-corrected chi connectivity index (χ4v) is 12.1. The molecule has 0 radical (unpaired) electrons. The average molecular weight is 479 g/mol. The van der Waals surface area contributed by atoms with Crippen molar-refractivity contribution in [1.29, 1.82) is 0 Å². The monoisotopic (exact) mass is 478 g/mol. The maximum absolute atomic E-state index is 13.5. The topological polar surface area (TPSA) is 72.6 Å². The molecular formula is C26H46N2O4Si. The quantitative estimate of drug-likeness (QED) is 0.331. The van der Waals surface area contributed by atoms with Crippen LogP contribution in [0.2, 0.25) is 16.6 Å². The Morgan fingerprint density at radius 2 is 1.48 bits per heavy atom. The van der Waals surface area contributed by atoms with E-state index in [4.69, 9.17) is 14.1 Å². The molecule has 1 aliphatic rings. The van der Waals surface area contributed by atoms with Gasteiger partial charge in [0.25, 0.3) is 0 Å². The van der Waals surface area contributed by atoms with Crippen molar-refractivity contribution in [1.82, 2.24) is 9.88 Å². The number of hydrogen-bond donors (Lipinski definition) is 0. The van der Waals surface area contributed by atoms with Gasteiger partial charge in [-0.3, -0.25) is 4.79 Å². The highest BCUT2D eigenvalue weighted by Gasteiger charge is 2.49. The largest absolute Gasteiger partial charge is 0.450 e. The van der Waals surface area contributed by atoms with E-state index in [1.165, 1.54) is 0 Å². The summed E-state index contributed by atoms with van der Waals surface area (Å²) in [5.41, 5.74) is 2.25. The predicted octanol–water partition coefficient (Wildman–Crippen LogP) is 6.48. The Bertz CT molecular complexity index is 808. The molecule has 1 saturated carbocycles. The zero-order chi connectivity index (χ0) is 25.3. The third-order valence-corrected chi connectivity index (χ3v) is 14.2. The molecule has 188 valence electrons. The average Bonchev–Trinajstić information content (AvgIpc) is 3.06. The molecule has 0 unspecified atom stereocenters. The lowest BCUT2D eigenvalue weighted by atomic mass is 9.82. The van der Waals surface area contributed by atoms with E-state index in [9.17, 15) is 9.59 Å². The van der Waals surface area contributed by atoms with Crippen LogP contribution in [0.25, 0.3) is 0 Å². The number of carbonyl (C=O) groups excluding carboxylic acids is 2. The van der Waals surface area contributed by atoms with Crippen molar-refractivity contribution in [2.45, 2.75) is 123 Å². The van der Waals surface area contributed by atoms with Crippen molar-refractivity contribution in [3.05, 3.63) is 11.5 Å². The van der Waals surface area contributed by atoms with Crippen LogP contribution in [0.5, 0.6) is 0 Å². The number of ether oxygens (including phenoxy) is 1. The molecule has 1 heterocycles. The fraction of sp³-hybridized carbons (Fsp3) is 0.808. The van der Waals surface area contributed by atoms with Gasteiger partial charge in [0, 0.05) is 19.0 Å². The van der Waals surface area contributed by atoms with Crippen LogP contribution in [0.15, 0.2) is 4.42 Å². The van der Waals surface area contributed by atoms with Gasteiger partial charge in [0.15, 0.2) is 19.4 Å². The second-order valence-corrected chi connectivity index (χ2v) is 17.5. The van der Waals surface area contributed by atoms with Crippen LogP contribution in [-0.2, 0) is 4.74 Å². The molecular weight excluding hydrogens is 432 g/mol. The van der Waals surface area contributed by atoms with Gasteiger partial charge < -0.3 is 14.1 Å². The molecule has 0 aliphatic heterocycles. The lowest BCUT2D eigenvalue weighted by Crippen LogP contribution is -2.56. The molecule has 6 nitrogen and oxygen atoms in total. The van der Waals surface area contributed by atoms with Crippen molar-refractivity contribution in [2.24, 2.45) is 5.92 Å². The summed E-state index contributed by atoms with van der Waals surface area (Å²) in [4.78, 5) is 32.5. The Balaban J connectivity index is 2.16. The van der Waals surface area contributed by atoms with Crippen LogP contribution in [-0.4, -0.2) is 48.5 Å². The van der Waals surface area contributed by atoms with E-state index >= 15 is 0 Å². The van der Waals surface area contributed by atoms with E-state index in [-0.39, 0.29) is 23.8 Å². The first-order chi connectivity index (χ1) is 15.1. The maximum Gasteiger partial charge on any atom is 0.410 e. The van der Waals surface area contributed by atoms with E-state index in [0.29, 0.717) is 28.1 Å². The van der Waals surface area contributed by atoms with E-state index in [2.05, 4.69) is 41.5 Å². The Kier molecular flexibility index (Phi) is 8.64. The Morgan fingerprint density at radius 1 is 1.00 bits per heavy atom. The number of rotatable bonds is 7. The highest BCUT2D eigenvalue weighted by molar-refractivity contribution is 6.93. The maximum atomic E-state index is 13.5. The van der Waals surface area contributed by atoms with Gasteiger partial charge >= 0.3 is 6.09 Å². The van der Waals surface area contributed by atoms with Crippen molar-refractivity contribution < 1.29 is 18.7 Å². The summed E-state index contributed by atoms with van der Waals surface area (Å²) in [6.45, 7) is 21.1. The van der Waals surface area contributed by atoms with Crippen LogP contribution in [0.3, 0.4) is 0 Å². The van der Waals surface area contributed by atoms with E-state index in [1.54, 1.807) is 11.9 Å². The molecule has 2 rings (SSSR count). The molecule has 1 aromatic heterocycles. The smallest absolute Gasteiger partial charge is 0.410 e. The normalized spacial score (nSPS) is 19.9. The van der Waals surface area contributed by atoms with Gasteiger partial charge in [0.1, 0.15) is 17.1 Å². The summed E-state index contributed by atoms with van der Waals surface area (Å²) in [7, 11) is -0.261. The van der Waals surface area contributed by atoms with Crippen LogP contribution >= 0.6 is 0 Å². The number of ketones is 1. The van der Waals surface area contributed by atoms with Crippen molar-refractivity contribution in [3.63, 3.8) is 0 Å². The molecule has 0 spiro atoms. The second-order valence-electron chi connectivity index (χ2n) is 11.8.